The molecule has 0 aromatic heterocycles. The van der Waals surface area contributed by atoms with E-state index in [-0.39, 0.29) is 11.9 Å². The van der Waals surface area contributed by atoms with Gasteiger partial charge in [-0.2, -0.15) is 0 Å². The van der Waals surface area contributed by atoms with Crippen LogP contribution in [-0.4, -0.2) is 11.9 Å². The molecule has 1 rings (SSSR count). The molecule has 2 atom stereocenters. The number of nitrogens with two attached hydrogens (primary N) is 1. The molecule has 0 aliphatic rings. The van der Waals surface area contributed by atoms with Crippen molar-refractivity contribution >= 4 is 5.91 Å². The van der Waals surface area contributed by atoms with Crippen LogP contribution < -0.4 is 11.1 Å². The van der Waals surface area contributed by atoms with Gasteiger partial charge in [0.25, 0.3) is 0 Å². The molecule has 18 heavy (non-hydrogen) atoms. The van der Waals surface area contributed by atoms with E-state index in [4.69, 9.17) is 5.73 Å². The number of carbonyl (C=O) groups excluding carboxylic acids is 1. The summed E-state index contributed by atoms with van der Waals surface area (Å²) < 4.78 is 0. The zero-order valence-electron chi connectivity index (χ0n) is 11.7. The molecule has 0 aliphatic carbocycles. The summed E-state index contributed by atoms with van der Waals surface area (Å²) in [6, 6.07) is 7.64. The fraction of sp³-hybridized carbons (Fsp3) is 0.533. The highest BCUT2D eigenvalue weighted by Crippen LogP contribution is 2.16. The molecule has 100 valence electrons. The summed E-state index contributed by atoms with van der Waals surface area (Å²) in [5.74, 6) is 0.360. The van der Waals surface area contributed by atoms with Crippen LogP contribution in [0.4, 0.5) is 0 Å². The first-order chi connectivity index (χ1) is 8.41. The summed E-state index contributed by atoms with van der Waals surface area (Å²) >= 11 is 0. The smallest absolute Gasteiger partial charge is 0.237 e. The van der Waals surface area contributed by atoms with Crippen LogP contribution in [0.3, 0.4) is 0 Å². The molecule has 0 spiro atoms. The Labute approximate surface area is 110 Å². The molecule has 0 unspecified atom stereocenters. The third-order valence-corrected chi connectivity index (χ3v) is 3.08. The molecular weight excluding hydrogens is 224 g/mol. The number of carbonyl (C=O) groups is 1. The van der Waals surface area contributed by atoms with Gasteiger partial charge in [0.2, 0.25) is 5.91 Å². The fourth-order valence-electron chi connectivity index (χ4n) is 2.09. The molecule has 0 saturated carbocycles. The third kappa shape index (κ3) is 4.15. The highest BCUT2D eigenvalue weighted by atomic mass is 16.2. The van der Waals surface area contributed by atoms with Crippen molar-refractivity contribution in [1.82, 2.24) is 5.32 Å². The first-order valence-corrected chi connectivity index (χ1v) is 6.53. The van der Waals surface area contributed by atoms with Gasteiger partial charge in [0.05, 0.1) is 12.1 Å². The topological polar surface area (TPSA) is 55.1 Å². The van der Waals surface area contributed by atoms with Crippen LogP contribution in [0, 0.1) is 12.8 Å². The van der Waals surface area contributed by atoms with E-state index in [1.54, 1.807) is 0 Å². The minimum Gasteiger partial charge on any atom is -0.348 e. The van der Waals surface area contributed by atoms with Gasteiger partial charge in [0, 0.05) is 0 Å². The second-order valence-electron chi connectivity index (χ2n) is 5.32. The second-order valence-corrected chi connectivity index (χ2v) is 5.32. The Balaban J connectivity index is 2.62. The van der Waals surface area contributed by atoms with E-state index in [9.17, 15) is 4.79 Å². The maximum absolute atomic E-state index is 11.9. The SMILES string of the molecule is Cc1ccccc1[C@H](C)NC(=O)[C@@H](N)CC(C)C. The number of nitrogens with one attached hydrogen (secondary N) is 1. The Morgan fingerprint density at radius 3 is 2.44 bits per heavy atom. The summed E-state index contributed by atoms with van der Waals surface area (Å²) in [6.45, 7) is 8.17. The quantitative estimate of drug-likeness (QED) is 0.841. The van der Waals surface area contributed by atoms with Gasteiger partial charge in [0.1, 0.15) is 0 Å². The lowest BCUT2D eigenvalue weighted by atomic mass is 10.0. The number of rotatable bonds is 5. The summed E-state index contributed by atoms with van der Waals surface area (Å²) in [5.41, 5.74) is 8.19. The molecule has 0 radical (unpaired) electrons. The molecular formula is C15H24N2O. The van der Waals surface area contributed by atoms with E-state index in [0.717, 1.165) is 5.56 Å². The lowest BCUT2D eigenvalue weighted by molar-refractivity contribution is -0.123. The molecule has 3 heteroatoms. The Morgan fingerprint density at radius 1 is 1.28 bits per heavy atom. The van der Waals surface area contributed by atoms with Crippen LogP contribution in [-0.2, 0) is 4.79 Å². The highest BCUT2D eigenvalue weighted by Gasteiger charge is 2.18. The first-order valence-electron chi connectivity index (χ1n) is 6.53. The maximum Gasteiger partial charge on any atom is 0.237 e. The van der Waals surface area contributed by atoms with Gasteiger partial charge in [-0.25, -0.2) is 0 Å². The van der Waals surface area contributed by atoms with Crippen molar-refractivity contribution in [2.75, 3.05) is 0 Å². The van der Waals surface area contributed by atoms with Gasteiger partial charge in [-0.3, -0.25) is 4.79 Å². The normalized spacial score (nSPS) is 14.3. The van der Waals surface area contributed by atoms with Crippen molar-refractivity contribution in [2.24, 2.45) is 11.7 Å². The zero-order valence-corrected chi connectivity index (χ0v) is 11.7. The van der Waals surface area contributed by atoms with E-state index in [2.05, 4.69) is 19.2 Å². The Kier molecular flexibility index (Phi) is 5.35. The summed E-state index contributed by atoms with van der Waals surface area (Å²) in [6.07, 6.45) is 0.715. The Morgan fingerprint density at radius 2 is 1.89 bits per heavy atom. The number of benzene rings is 1. The number of amides is 1. The van der Waals surface area contributed by atoms with Crippen LogP contribution in [0.25, 0.3) is 0 Å². The van der Waals surface area contributed by atoms with Gasteiger partial charge in [-0.1, -0.05) is 38.1 Å². The molecule has 1 aromatic rings. The minimum atomic E-state index is -0.420. The van der Waals surface area contributed by atoms with Crippen molar-refractivity contribution in [3.05, 3.63) is 35.4 Å². The molecule has 3 nitrogen and oxygen atoms in total. The summed E-state index contributed by atoms with van der Waals surface area (Å²) in [7, 11) is 0. The van der Waals surface area contributed by atoms with E-state index in [0.29, 0.717) is 12.3 Å². The standard InChI is InChI=1S/C15H24N2O/c1-10(2)9-14(16)15(18)17-12(4)13-8-6-5-7-11(13)3/h5-8,10,12,14H,9,16H2,1-4H3,(H,17,18)/t12-,14-/m0/s1. The zero-order chi connectivity index (χ0) is 13.7. The van der Waals surface area contributed by atoms with Gasteiger partial charge in [-0.05, 0) is 37.3 Å². The van der Waals surface area contributed by atoms with Crippen LogP contribution in [0.5, 0.6) is 0 Å². The molecule has 0 aliphatic heterocycles. The van der Waals surface area contributed by atoms with Crippen LogP contribution in [0.2, 0.25) is 0 Å². The molecule has 0 heterocycles. The van der Waals surface area contributed by atoms with Gasteiger partial charge >= 0.3 is 0 Å². The Bertz CT molecular complexity index is 401. The van der Waals surface area contributed by atoms with E-state index >= 15 is 0 Å². The number of hydrogen-bond donors (Lipinski definition) is 2. The minimum absolute atomic E-state index is 0.00286. The fourth-order valence-corrected chi connectivity index (χ4v) is 2.09. The average molecular weight is 248 g/mol. The molecule has 0 saturated heterocycles. The van der Waals surface area contributed by atoms with Crippen LogP contribution in [0.1, 0.15) is 44.4 Å². The molecule has 1 aromatic carbocycles. The monoisotopic (exact) mass is 248 g/mol. The van der Waals surface area contributed by atoms with Crippen LogP contribution >= 0.6 is 0 Å². The third-order valence-electron chi connectivity index (χ3n) is 3.08. The van der Waals surface area contributed by atoms with E-state index in [1.165, 1.54) is 5.56 Å². The predicted molar refractivity (Wildman–Crippen MR) is 75.2 cm³/mol. The van der Waals surface area contributed by atoms with Gasteiger partial charge in [0.15, 0.2) is 0 Å². The van der Waals surface area contributed by atoms with Crippen molar-refractivity contribution in [1.29, 1.82) is 0 Å². The highest BCUT2D eigenvalue weighted by molar-refractivity contribution is 5.81. The van der Waals surface area contributed by atoms with Gasteiger partial charge in [-0.15, -0.1) is 0 Å². The van der Waals surface area contributed by atoms with Crippen LogP contribution in [0.15, 0.2) is 24.3 Å². The predicted octanol–water partition coefficient (Wildman–Crippen LogP) is 2.55. The Hall–Kier alpha value is -1.35. The average Bonchev–Trinajstić information content (AvgIpc) is 2.28. The molecule has 1 amide bonds. The molecule has 0 bridgehead atoms. The first kappa shape index (κ1) is 14.7. The number of hydrogen-bond acceptors (Lipinski definition) is 2. The van der Waals surface area contributed by atoms with E-state index < -0.39 is 6.04 Å². The van der Waals surface area contributed by atoms with Gasteiger partial charge < -0.3 is 11.1 Å². The molecule has 3 N–H and O–H groups in total. The number of aryl methyl sites for hydroxylation is 1. The summed E-state index contributed by atoms with van der Waals surface area (Å²) in [5, 5.41) is 2.98. The second kappa shape index (κ2) is 6.55. The van der Waals surface area contributed by atoms with Crippen molar-refractivity contribution < 1.29 is 4.79 Å². The maximum atomic E-state index is 11.9. The lowest BCUT2D eigenvalue weighted by Gasteiger charge is -2.20. The van der Waals surface area contributed by atoms with Crippen molar-refractivity contribution in [3.8, 4) is 0 Å². The molecule has 0 fully saturated rings. The van der Waals surface area contributed by atoms with Crippen molar-refractivity contribution in [3.63, 3.8) is 0 Å². The lowest BCUT2D eigenvalue weighted by Crippen LogP contribution is -2.42. The summed E-state index contributed by atoms with van der Waals surface area (Å²) in [4.78, 5) is 11.9. The largest absolute Gasteiger partial charge is 0.348 e. The van der Waals surface area contributed by atoms with E-state index in [1.807, 2.05) is 38.1 Å². The van der Waals surface area contributed by atoms with Crippen molar-refractivity contribution in [2.45, 2.75) is 46.2 Å².